The molecule has 82 valence electrons. The third-order valence-electron chi connectivity index (χ3n) is 1.91. The van der Waals surface area contributed by atoms with E-state index in [9.17, 15) is 9.59 Å². The van der Waals surface area contributed by atoms with Gasteiger partial charge in [-0.1, -0.05) is 6.92 Å². The topological polar surface area (TPSA) is 87.5 Å². The lowest BCUT2D eigenvalue weighted by molar-refractivity contribution is -0.154. The van der Waals surface area contributed by atoms with Crippen LogP contribution in [0.1, 0.15) is 17.6 Å². The van der Waals surface area contributed by atoms with Crippen LogP contribution >= 0.6 is 11.3 Å². The molecule has 0 aliphatic carbocycles. The van der Waals surface area contributed by atoms with E-state index in [1.807, 2.05) is 6.92 Å². The molecule has 0 unspecified atom stereocenters. The molecule has 0 aromatic carbocycles. The first-order valence-corrected chi connectivity index (χ1v) is 5.31. The molecule has 15 heavy (non-hydrogen) atoms. The van der Waals surface area contributed by atoms with Crippen molar-refractivity contribution in [2.75, 3.05) is 0 Å². The van der Waals surface area contributed by atoms with Gasteiger partial charge >= 0.3 is 11.9 Å². The van der Waals surface area contributed by atoms with Gasteiger partial charge in [-0.15, -0.1) is 11.3 Å². The Labute approximate surface area is 90.4 Å². The number of aryl methyl sites for hydroxylation is 1. The standard InChI is InChI=1S/C9H11NO4S/c1-2-7-10-5(4-15-7)3-6(8(11)12)9(13)14/h4,6H,2-3H2,1H3,(H,11,12)(H,13,14). The van der Waals surface area contributed by atoms with Gasteiger partial charge in [-0.05, 0) is 6.42 Å². The molecule has 0 saturated heterocycles. The number of rotatable bonds is 5. The Balaban J connectivity index is 2.74. The fourth-order valence-corrected chi connectivity index (χ4v) is 1.85. The Morgan fingerprint density at radius 3 is 2.47 bits per heavy atom. The summed E-state index contributed by atoms with van der Waals surface area (Å²) in [6.07, 6.45) is 0.719. The average Bonchev–Trinajstić information content (AvgIpc) is 2.60. The van der Waals surface area contributed by atoms with Crippen molar-refractivity contribution in [2.24, 2.45) is 5.92 Å². The highest BCUT2D eigenvalue weighted by molar-refractivity contribution is 7.09. The molecule has 0 radical (unpaired) electrons. The maximum Gasteiger partial charge on any atom is 0.318 e. The number of hydrogen-bond acceptors (Lipinski definition) is 4. The highest BCUT2D eigenvalue weighted by Gasteiger charge is 2.26. The van der Waals surface area contributed by atoms with E-state index in [1.54, 1.807) is 5.38 Å². The van der Waals surface area contributed by atoms with Crippen LogP contribution in [-0.4, -0.2) is 27.1 Å². The summed E-state index contributed by atoms with van der Waals surface area (Å²) in [7, 11) is 0. The first kappa shape index (κ1) is 11.6. The third-order valence-corrected chi connectivity index (χ3v) is 2.95. The molecule has 2 N–H and O–H groups in total. The Hall–Kier alpha value is -1.43. The minimum absolute atomic E-state index is 0.0544. The van der Waals surface area contributed by atoms with E-state index in [0.29, 0.717) is 5.69 Å². The van der Waals surface area contributed by atoms with Crippen molar-refractivity contribution in [3.63, 3.8) is 0 Å². The monoisotopic (exact) mass is 229 g/mol. The second-order valence-electron chi connectivity index (χ2n) is 3.02. The predicted octanol–water partition coefficient (Wildman–Crippen LogP) is 1.03. The lowest BCUT2D eigenvalue weighted by Gasteiger charge is -2.03. The van der Waals surface area contributed by atoms with E-state index in [2.05, 4.69) is 4.98 Å². The minimum Gasteiger partial charge on any atom is -0.481 e. The van der Waals surface area contributed by atoms with Crippen molar-refractivity contribution in [3.05, 3.63) is 16.1 Å². The van der Waals surface area contributed by atoms with Crippen LogP contribution in [0.25, 0.3) is 0 Å². The SMILES string of the molecule is CCc1nc(CC(C(=O)O)C(=O)O)cs1. The number of aliphatic carboxylic acids is 2. The van der Waals surface area contributed by atoms with Crippen LogP contribution in [-0.2, 0) is 22.4 Å². The van der Waals surface area contributed by atoms with Crippen LogP contribution in [0.2, 0.25) is 0 Å². The van der Waals surface area contributed by atoms with E-state index < -0.39 is 17.9 Å². The molecule has 1 heterocycles. The molecule has 0 amide bonds. The molecule has 0 saturated carbocycles. The first-order valence-electron chi connectivity index (χ1n) is 4.43. The minimum atomic E-state index is -1.41. The van der Waals surface area contributed by atoms with E-state index in [-0.39, 0.29) is 6.42 Å². The van der Waals surface area contributed by atoms with Gasteiger partial charge in [0.25, 0.3) is 0 Å². The predicted molar refractivity (Wildman–Crippen MR) is 54.0 cm³/mol. The molecule has 0 spiro atoms. The van der Waals surface area contributed by atoms with Crippen molar-refractivity contribution in [2.45, 2.75) is 19.8 Å². The van der Waals surface area contributed by atoms with E-state index >= 15 is 0 Å². The summed E-state index contributed by atoms with van der Waals surface area (Å²) in [4.78, 5) is 25.4. The zero-order valence-electron chi connectivity index (χ0n) is 8.14. The number of nitrogens with zero attached hydrogens (tertiary/aromatic N) is 1. The molecule has 0 bridgehead atoms. The highest BCUT2D eigenvalue weighted by Crippen LogP contribution is 2.14. The summed E-state index contributed by atoms with van der Waals surface area (Å²) in [5.41, 5.74) is 0.534. The molecule has 1 rings (SSSR count). The summed E-state index contributed by atoms with van der Waals surface area (Å²) in [5.74, 6) is -4.06. The summed E-state index contributed by atoms with van der Waals surface area (Å²) < 4.78 is 0. The molecule has 0 fully saturated rings. The van der Waals surface area contributed by atoms with Crippen molar-refractivity contribution in [1.29, 1.82) is 0 Å². The van der Waals surface area contributed by atoms with Gasteiger partial charge in [0.2, 0.25) is 0 Å². The zero-order valence-corrected chi connectivity index (χ0v) is 8.95. The first-order chi connectivity index (χ1) is 7.04. The highest BCUT2D eigenvalue weighted by atomic mass is 32.1. The van der Waals surface area contributed by atoms with Gasteiger partial charge in [-0.2, -0.15) is 0 Å². The summed E-state index contributed by atoms with van der Waals surface area (Å²) in [6.45, 7) is 1.94. The Kier molecular flexibility index (Phi) is 3.79. The van der Waals surface area contributed by atoms with Crippen molar-refractivity contribution < 1.29 is 19.8 Å². The number of carboxylic acid groups (broad SMARTS) is 2. The van der Waals surface area contributed by atoms with Crippen LogP contribution in [0.3, 0.4) is 0 Å². The van der Waals surface area contributed by atoms with Gasteiger partial charge in [-0.3, -0.25) is 9.59 Å². The van der Waals surface area contributed by atoms with E-state index in [4.69, 9.17) is 10.2 Å². The van der Waals surface area contributed by atoms with Crippen LogP contribution in [0.5, 0.6) is 0 Å². The van der Waals surface area contributed by atoms with Crippen LogP contribution in [0.15, 0.2) is 5.38 Å². The molecule has 6 heteroatoms. The average molecular weight is 229 g/mol. The van der Waals surface area contributed by atoms with Crippen molar-refractivity contribution in [3.8, 4) is 0 Å². The van der Waals surface area contributed by atoms with Gasteiger partial charge in [0.05, 0.1) is 10.7 Å². The largest absolute Gasteiger partial charge is 0.481 e. The Morgan fingerprint density at radius 2 is 2.07 bits per heavy atom. The van der Waals surface area contributed by atoms with Gasteiger partial charge < -0.3 is 10.2 Å². The summed E-state index contributed by atoms with van der Waals surface area (Å²) in [6, 6.07) is 0. The van der Waals surface area contributed by atoms with Crippen LogP contribution in [0, 0.1) is 5.92 Å². The lowest BCUT2D eigenvalue weighted by Crippen LogP contribution is -2.25. The van der Waals surface area contributed by atoms with Crippen molar-refractivity contribution >= 4 is 23.3 Å². The number of thiazole rings is 1. The summed E-state index contributed by atoms with van der Waals surface area (Å²) >= 11 is 1.42. The molecule has 0 atom stereocenters. The van der Waals surface area contributed by atoms with Crippen molar-refractivity contribution in [1.82, 2.24) is 4.98 Å². The van der Waals surface area contributed by atoms with Crippen LogP contribution in [0.4, 0.5) is 0 Å². The van der Waals surface area contributed by atoms with E-state index in [1.165, 1.54) is 11.3 Å². The third kappa shape index (κ3) is 3.02. The molecule has 0 aliphatic heterocycles. The van der Waals surface area contributed by atoms with E-state index in [0.717, 1.165) is 11.4 Å². The van der Waals surface area contributed by atoms with Gasteiger partial charge in [0.15, 0.2) is 5.92 Å². The fraction of sp³-hybridized carbons (Fsp3) is 0.444. The smallest absolute Gasteiger partial charge is 0.318 e. The maximum atomic E-state index is 10.6. The quantitative estimate of drug-likeness (QED) is 0.736. The second kappa shape index (κ2) is 4.88. The summed E-state index contributed by atoms with van der Waals surface area (Å²) in [5, 5.41) is 19.9. The van der Waals surface area contributed by atoms with Gasteiger partial charge in [-0.25, -0.2) is 4.98 Å². The number of aromatic nitrogens is 1. The van der Waals surface area contributed by atoms with Crippen LogP contribution < -0.4 is 0 Å². The second-order valence-corrected chi connectivity index (χ2v) is 3.96. The molecule has 0 aliphatic rings. The molecular weight excluding hydrogens is 218 g/mol. The van der Waals surface area contributed by atoms with Gasteiger partial charge in [0, 0.05) is 11.8 Å². The lowest BCUT2D eigenvalue weighted by atomic mass is 10.0. The molecule has 1 aromatic rings. The zero-order chi connectivity index (χ0) is 11.4. The normalized spacial score (nSPS) is 10.5. The Bertz CT molecular complexity index is 360. The molecule has 1 aromatic heterocycles. The number of carboxylic acids is 2. The number of hydrogen-bond donors (Lipinski definition) is 2. The molecule has 5 nitrogen and oxygen atoms in total. The Morgan fingerprint density at radius 1 is 1.47 bits per heavy atom. The maximum absolute atomic E-state index is 10.6. The van der Waals surface area contributed by atoms with Gasteiger partial charge in [0.1, 0.15) is 0 Å². The fourth-order valence-electron chi connectivity index (χ4n) is 1.09. The molecular formula is C9H11NO4S. The number of carbonyl (C=O) groups is 2.